The number of halogens is 3. The van der Waals surface area contributed by atoms with Crippen molar-refractivity contribution in [2.45, 2.75) is 6.18 Å². The van der Waals surface area contributed by atoms with E-state index < -0.39 is 28.2 Å². The summed E-state index contributed by atoms with van der Waals surface area (Å²) in [6.45, 7) is 0. The van der Waals surface area contributed by atoms with E-state index in [1.54, 1.807) is 0 Å². The smallest absolute Gasteiger partial charge is 0.417 e. The second-order valence-electron chi connectivity index (χ2n) is 4.97. The van der Waals surface area contributed by atoms with Crippen molar-refractivity contribution in [2.75, 3.05) is 0 Å². The summed E-state index contributed by atoms with van der Waals surface area (Å²) >= 11 is 0. The van der Waals surface area contributed by atoms with E-state index in [2.05, 4.69) is 0 Å². The number of hydrogen-bond acceptors (Lipinski definition) is 5. The summed E-state index contributed by atoms with van der Waals surface area (Å²) in [5, 5.41) is 11.0. The second kappa shape index (κ2) is 5.93. The molecule has 0 unspecified atom stereocenters. The van der Waals surface area contributed by atoms with E-state index in [-0.39, 0.29) is 22.4 Å². The molecule has 1 aromatic heterocycles. The van der Waals surface area contributed by atoms with E-state index >= 15 is 0 Å². The molecule has 0 amide bonds. The van der Waals surface area contributed by atoms with Gasteiger partial charge in [-0.1, -0.05) is 12.1 Å². The zero-order chi connectivity index (χ0) is 18.2. The highest BCUT2D eigenvalue weighted by Crippen LogP contribution is 2.34. The molecule has 3 aromatic rings. The molecule has 25 heavy (non-hydrogen) atoms. The van der Waals surface area contributed by atoms with Crippen molar-refractivity contribution in [1.29, 1.82) is 0 Å². The van der Waals surface area contributed by atoms with Crippen LogP contribution in [-0.4, -0.2) is 10.9 Å². The molecule has 0 radical (unpaired) electrons. The summed E-state index contributed by atoms with van der Waals surface area (Å²) in [7, 11) is 0. The predicted molar refractivity (Wildman–Crippen MR) is 79.3 cm³/mol. The maximum absolute atomic E-state index is 13.0. The molecule has 3 rings (SSSR count). The van der Waals surface area contributed by atoms with Crippen molar-refractivity contribution in [2.24, 2.45) is 0 Å². The second-order valence-corrected chi connectivity index (χ2v) is 4.97. The van der Waals surface area contributed by atoms with Crippen LogP contribution in [0.2, 0.25) is 0 Å². The Hall–Kier alpha value is -3.36. The van der Waals surface area contributed by atoms with Crippen molar-refractivity contribution in [3.63, 3.8) is 0 Å². The Balaban J connectivity index is 1.95. The van der Waals surface area contributed by atoms with Gasteiger partial charge in [0.2, 0.25) is 0 Å². The largest absolute Gasteiger partial charge is 0.457 e. The van der Waals surface area contributed by atoms with Gasteiger partial charge in [-0.2, -0.15) is 13.2 Å². The van der Waals surface area contributed by atoms with Gasteiger partial charge in [-0.3, -0.25) is 10.1 Å². The van der Waals surface area contributed by atoms with Crippen LogP contribution in [0.1, 0.15) is 15.9 Å². The molecular weight excluding hydrogens is 343 g/mol. The minimum atomic E-state index is -4.72. The van der Waals surface area contributed by atoms with Crippen LogP contribution < -0.4 is 4.74 Å². The first-order valence-electron chi connectivity index (χ1n) is 6.81. The number of ether oxygens (including phenoxy) is 1. The summed E-state index contributed by atoms with van der Waals surface area (Å²) in [4.78, 5) is 22.3. The summed E-state index contributed by atoms with van der Waals surface area (Å²) in [5.74, 6) is -1.36. The van der Waals surface area contributed by atoms with Crippen LogP contribution in [0, 0.1) is 10.1 Å². The number of nitrogens with zero attached hydrogens (tertiary/aromatic N) is 1. The van der Waals surface area contributed by atoms with E-state index in [4.69, 9.17) is 9.15 Å². The number of nitro groups is 1. The number of carbonyl (C=O) groups is 1. The van der Waals surface area contributed by atoms with E-state index in [0.29, 0.717) is 0 Å². The first kappa shape index (κ1) is 16.5. The monoisotopic (exact) mass is 351 g/mol. The van der Waals surface area contributed by atoms with Crippen LogP contribution in [0.4, 0.5) is 18.9 Å². The lowest BCUT2D eigenvalue weighted by Crippen LogP contribution is -2.16. The Morgan fingerprint density at radius 1 is 1.16 bits per heavy atom. The highest BCUT2D eigenvalue weighted by atomic mass is 19.4. The molecule has 0 N–H and O–H groups in total. The van der Waals surface area contributed by atoms with E-state index in [0.717, 1.165) is 30.5 Å². The summed E-state index contributed by atoms with van der Waals surface area (Å²) in [6.07, 6.45) is -3.79. The molecular formula is C16H8F3NO5. The lowest BCUT2D eigenvalue weighted by atomic mass is 10.1. The minimum Gasteiger partial charge on any atom is -0.457 e. The number of fused-ring (bicyclic) bond motifs is 1. The highest BCUT2D eigenvalue weighted by molar-refractivity contribution is 5.94. The van der Waals surface area contributed by atoms with Gasteiger partial charge in [0, 0.05) is 0 Å². The van der Waals surface area contributed by atoms with E-state index in [1.807, 2.05) is 0 Å². The fraction of sp³-hybridized carbons (Fsp3) is 0.0625. The molecule has 0 aliphatic carbocycles. The van der Waals surface area contributed by atoms with E-state index in [1.165, 1.54) is 18.2 Å². The number of rotatable bonds is 3. The summed E-state index contributed by atoms with van der Waals surface area (Å²) in [6, 6.07) is 7.93. The van der Waals surface area contributed by atoms with Gasteiger partial charge < -0.3 is 9.15 Å². The molecule has 128 valence electrons. The Kier molecular flexibility index (Phi) is 3.91. The van der Waals surface area contributed by atoms with Gasteiger partial charge in [0.15, 0.2) is 6.26 Å². The van der Waals surface area contributed by atoms with Gasteiger partial charge in [-0.25, -0.2) is 4.79 Å². The molecule has 0 atom stereocenters. The van der Waals surface area contributed by atoms with Crippen molar-refractivity contribution in [3.05, 3.63) is 70.0 Å². The average molecular weight is 351 g/mol. The topological polar surface area (TPSA) is 82.6 Å². The Morgan fingerprint density at radius 3 is 2.56 bits per heavy atom. The van der Waals surface area contributed by atoms with Gasteiger partial charge in [0.1, 0.15) is 16.7 Å². The van der Waals surface area contributed by atoms with Crippen LogP contribution in [0.5, 0.6) is 5.75 Å². The number of esters is 1. The normalized spacial score (nSPS) is 11.5. The first-order chi connectivity index (χ1) is 11.8. The van der Waals surface area contributed by atoms with Gasteiger partial charge in [0.05, 0.1) is 16.1 Å². The van der Waals surface area contributed by atoms with Crippen LogP contribution >= 0.6 is 0 Å². The van der Waals surface area contributed by atoms with Gasteiger partial charge >= 0.3 is 17.8 Å². The van der Waals surface area contributed by atoms with Gasteiger partial charge in [-0.15, -0.1) is 0 Å². The molecule has 0 bridgehead atoms. The highest BCUT2D eigenvalue weighted by Gasteiger charge is 2.35. The SMILES string of the molecule is O=C(Oc1ccc2occ([N+](=O)[O-])c2c1)c1ccccc1C(F)(F)F. The summed E-state index contributed by atoms with van der Waals surface area (Å²) < 4.78 is 48.8. The standard InChI is InChI=1S/C16H8F3NO5/c17-16(18,19)12-4-2-1-3-10(12)15(21)25-9-5-6-14-11(7-9)13(8-24-14)20(22)23/h1-8H. The Bertz CT molecular complexity index is 977. The molecule has 2 aromatic carbocycles. The molecule has 0 spiro atoms. The van der Waals surface area contributed by atoms with Crippen molar-refractivity contribution in [1.82, 2.24) is 0 Å². The van der Waals surface area contributed by atoms with Crippen LogP contribution in [-0.2, 0) is 6.18 Å². The minimum absolute atomic E-state index is 0.0689. The van der Waals surface area contributed by atoms with Gasteiger partial charge in [0.25, 0.3) is 0 Å². The predicted octanol–water partition coefficient (Wildman–Crippen LogP) is 4.58. The van der Waals surface area contributed by atoms with Crippen molar-refractivity contribution < 1.29 is 32.0 Å². The average Bonchev–Trinajstić information content (AvgIpc) is 2.97. The number of hydrogen-bond donors (Lipinski definition) is 0. The van der Waals surface area contributed by atoms with Crippen molar-refractivity contribution >= 4 is 22.6 Å². The summed E-state index contributed by atoms with van der Waals surface area (Å²) in [5.41, 5.74) is -1.95. The Morgan fingerprint density at radius 2 is 1.88 bits per heavy atom. The molecule has 0 aliphatic heterocycles. The molecule has 0 fully saturated rings. The van der Waals surface area contributed by atoms with Gasteiger partial charge in [-0.05, 0) is 30.3 Å². The van der Waals surface area contributed by atoms with Crippen LogP contribution in [0.25, 0.3) is 11.0 Å². The van der Waals surface area contributed by atoms with Crippen molar-refractivity contribution in [3.8, 4) is 5.75 Å². The maximum atomic E-state index is 13.0. The molecule has 9 heteroatoms. The number of furan rings is 1. The third kappa shape index (κ3) is 3.16. The molecule has 6 nitrogen and oxygen atoms in total. The maximum Gasteiger partial charge on any atom is 0.417 e. The zero-order valence-corrected chi connectivity index (χ0v) is 12.2. The number of benzene rings is 2. The third-order valence-corrected chi connectivity index (χ3v) is 3.38. The molecule has 0 saturated heterocycles. The van der Waals surface area contributed by atoms with Crippen LogP contribution in [0.3, 0.4) is 0 Å². The van der Waals surface area contributed by atoms with Crippen LogP contribution in [0.15, 0.2) is 53.1 Å². The lowest BCUT2D eigenvalue weighted by molar-refractivity contribution is -0.383. The third-order valence-electron chi connectivity index (χ3n) is 3.38. The molecule has 0 saturated carbocycles. The fourth-order valence-corrected chi connectivity index (χ4v) is 2.27. The number of carbonyl (C=O) groups excluding carboxylic acids is 1. The quantitative estimate of drug-likeness (QED) is 0.299. The molecule has 1 heterocycles. The van der Waals surface area contributed by atoms with E-state index in [9.17, 15) is 28.1 Å². The molecule has 0 aliphatic rings. The number of alkyl halides is 3. The zero-order valence-electron chi connectivity index (χ0n) is 12.2. The Labute approximate surface area is 137 Å². The first-order valence-corrected chi connectivity index (χ1v) is 6.81. The fourth-order valence-electron chi connectivity index (χ4n) is 2.27. The lowest BCUT2D eigenvalue weighted by Gasteiger charge is -2.11.